The van der Waals surface area contributed by atoms with Crippen LogP contribution in [0, 0.1) is 28.6 Å². The van der Waals surface area contributed by atoms with Gasteiger partial charge in [-0.1, -0.05) is 26.2 Å². The molecule has 3 nitrogen and oxygen atoms in total. The first-order chi connectivity index (χ1) is 7.68. The molecule has 2 aliphatic rings. The SMILES string of the molecule is CC1CCCCC1CNC(=O)C1(C#N)CC1. The van der Waals surface area contributed by atoms with Crippen LogP contribution in [0.3, 0.4) is 0 Å². The van der Waals surface area contributed by atoms with E-state index in [9.17, 15) is 4.79 Å². The van der Waals surface area contributed by atoms with Gasteiger partial charge in [0.05, 0.1) is 6.07 Å². The van der Waals surface area contributed by atoms with E-state index in [2.05, 4.69) is 18.3 Å². The summed E-state index contributed by atoms with van der Waals surface area (Å²) in [5, 5.41) is 11.9. The highest BCUT2D eigenvalue weighted by Crippen LogP contribution is 2.45. The van der Waals surface area contributed by atoms with Gasteiger partial charge >= 0.3 is 0 Å². The number of carbonyl (C=O) groups is 1. The zero-order chi connectivity index (χ0) is 11.6. The van der Waals surface area contributed by atoms with E-state index in [1.54, 1.807) is 0 Å². The third-order valence-corrected chi connectivity index (χ3v) is 4.21. The van der Waals surface area contributed by atoms with Crippen LogP contribution in [0.1, 0.15) is 45.4 Å². The molecule has 2 unspecified atom stereocenters. The van der Waals surface area contributed by atoms with Crippen molar-refractivity contribution in [3.63, 3.8) is 0 Å². The lowest BCUT2D eigenvalue weighted by Gasteiger charge is -2.29. The number of hydrogen-bond acceptors (Lipinski definition) is 2. The van der Waals surface area contributed by atoms with Gasteiger partial charge in [0.2, 0.25) is 5.91 Å². The first-order valence-corrected chi connectivity index (χ1v) is 6.37. The average molecular weight is 220 g/mol. The molecule has 0 aliphatic heterocycles. The lowest BCUT2D eigenvalue weighted by Crippen LogP contribution is -2.37. The molecule has 0 radical (unpaired) electrons. The van der Waals surface area contributed by atoms with Gasteiger partial charge in [0.15, 0.2) is 0 Å². The summed E-state index contributed by atoms with van der Waals surface area (Å²) in [5.74, 6) is 1.30. The molecule has 1 N–H and O–H groups in total. The van der Waals surface area contributed by atoms with Gasteiger partial charge in [-0.15, -0.1) is 0 Å². The third-order valence-electron chi connectivity index (χ3n) is 4.21. The number of carbonyl (C=O) groups excluding carboxylic acids is 1. The topological polar surface area (TPSA) is 52.9 Å². The highest BCUT2D eigenvalue weighted by Gasteiger charge is 2.50. The Hall–Kier alpha value is -1.04. The summed E-state index contributed by atoms with van der Waals surface area (Å²) >= 11 is 0. The number of nitrogens with zero attached hydrogens (tertiary/aromatic N) is 1. The van der Waals surface area contributed by atoms with Crippen molar-refractivity contribution in [2.45, 2.75) is 45.4 Å². The number of nitrogens with one attached hydrogen (secondary N) is 1. The fourth-order valence-corrected chi connectivity index (χ4v) is 2.60. The molecule has 0 saturated heterocycles. The largest absolute Gasteiger partial charge is 0.354 e. The van der Waals surface area contributed by atoms with Gasteiger partial charge in [-0.3, -0.25) is 4.79 Å². The van der Waals surface area contributed by atoms with Crippen LogP contribution in [-0.2, 0) is 4.79 Å². The van der Waals surface area contributed by atoms with Crippen molar-refractivity contribution in [3.8, 4) is 6.07 Å². The van der Waals surface area contributed by atoms with Gasteiger partial charge in [-0.2, -0.15) is 5.26 Å². The van der Waals surface area contributed by atoms with Crippen LogP contribution in [0.5, 0.6) is 0 Å². The van der Waals surface area contributed by atoms with E-state index in [1.807, 2.05) is 0 Å². The number of nitriles is 1. The Kier molecular flexibility index (Phi) is 3.18. The van der Waals surface area contributed by atoms with Crippen LogP contribution < -0.4 is 5.32 Å². The summed E-state index contributed by atoms with van der Waals surface area (Å²) in [6.07, 6.45) is 6.61. The molecule has 3 heteroatoms. The van der Waals surface area contributed by atoms with E-state index in [4.69, 9.17) is 5.26 Å². The Morgan fingerprint density at radius 3 is 2.69 bits per heavy atom. The van der Waals surface area contributed by atoms with E-state index in [0.29, 0.717) is 11.8 Å². The van der Waals surface area contributed by atoms with Gasteiger partial charge in [-0.25, -0.2) is 0 Å². The predicted octanol–water partition coefficient (Wildman–Crippen LogP) is 2.23. The van der Waals surface area contributed by atoms with Crippen molar-refractivity contribution in [3.05, 3.63) is 0 Å². The minimum atomic E-state index is -0.655. The van der Waals surface area contributed by atoms with Crippen LogP contribution in [0.4, 0.5) is 0 Å². The Balaban J connectivity index is 1.79. The van der Waals surface area contributed by atoms with Crippen LogP contribution in [-0.4, -0.2) is 12.5 Å². The molecule has 0 spiro atoms. The van der Waals surface area contributed by atoms with Crippen molar-refractivity contribution >= 4 is 5.91 Å². The van der Waals surface area contributed by atoms with Crippen molar-refractivity contribution in [1.29, 1.82) is 5.26 Å². The Bertz CT molecular complexity index is 314. The van der Waals surface area contributed by atoms with E-state index in [-0.39, 0.29) is 5.91 Å². The minimum absolute atomic E-state index is 0.0345. The summed E-state index contributed by atoms with van der Waals surface area (Å²) in [6.45, 7) is 3.04. The third kappa shape index (κ3) is 2.21. The van der Waals surface area contributed by atoms with Crippen molar-refractivity contribution in [2.75, 3.05) is 6.54 Å². The van der Waals surface area contributed by atoms with Gasteiger partial charge in [-0.05, 0) is 31.1 Å². The molecule has 2 saturated carbocycles. The second-order valence-corrected chi connectivity index (χ2v) is 5.43. The fraction of sp³-hybridized carbons (Fsp3) is 0.846. The van der Waals surface area contributed by atoms with Crippen LogP contribution in [0.2, 0.25) is 0 Å². The lowest BCUT2D eigenvalue weighted by molar-refractivity contribution is -0.124. The van der Waals surface area contributed by atoms with Crippen molar-refractivity contribution in [2.24, 2.45) is 17.3 Å². The molecule has 2 fully saturated rings. The van der Waals surface area contributed by atoms with E-state index in [0.717, 1.165) is 19.4 Å². The Morgan fingerprint density at radius 1 is 1.44 bits per heavy atom. The van der Waals surface area contributed by atoms with Gasteiger partial charge in [0.1, 0.15) is 5.41 Å². The molecule has 0 aromatic rings. The van der Waals surface area contributed by atoms with Gasteiger partial charge in [0, 0.05) is 6.54 Å². The molecule has 2 aliphatic carbocycles. The zero-order valence-electron chi connectivity index (χ0n) is 9.96. The van der Waals surface area contributed by atoms with Crippen molar-refractivity contribution < 1.29 is 4.79 Å². The minimum Gasteiger partial charge on any atom is -0.354 e. The maximum Gasteiger partial charge on any atom is 0.240 e. The number of hydrogen-bond donors (Lipinski definition) is 1. The maximum absolute atomic E-state index is 11.8. The number of rotatable bonds is 3. The smallest absolute Gasteiger partial charge is 0.240 e. The second-order valence-electron chi connectivity index (χ2n) is 5.43. The highest BCUT2D eigenvalue weighted by atomic mass is 16.2. The lowest BCUT2D eigenvalue weighted by atomic mass is 9.80. The first kappa shape index (κ1) is 11.4. The predicted molar refractivity (Wildman–Crippen MR) is 61.4 cm³/mol. The molecule has 2 atom stereocenters. The molecule has 0 aromatic heterocycles. The Morgan fingerprint density at radius 2 is 2.12 bits per heavy atom. The summed E-state index contributed by atoms with van der Waals surface area (Å²) in [7, 11) is 0. The molecular weight excluding hydrogens is 200 g/mol. The van der Waals surface area contributed by atoms with Crippen molar-refractivity contribution in [1.82, 2.24) is 5.32 Å². The van der Waals surface area contributed by atoms with Gasteiger partial charge in [0.25, 0.3) is 0 Å². The van der Waals surface area contributed by atoms with Crippen LogP contribution in [0.25, 0.3) is 0 Å². The standard InChI is InChI=1S/C13H20N2O/c1-10-4-2-3-5-11(10)8-15-12(16)13(9-14)6-7-13/h10-11H,2-8H2,1H3,(H,15,16). The fourth-order valence-electron chi connectivity index (χ4n) is 2.60. The Labute approximate surface area is 97.2 Å². The monoisotopic (exact) mass is 220 g/mol. The van der Waals surface area contributed by atoms with E-state index >= 15 is 0 Å². The first-order valence-electron chi connectivity index (χ1n) is 6.37. The van der Waals surface area contributed by atoms with E-state index in [1.165, 1.54) is 25.7 Å². The molecule has 88 valence electrons. The van der Waals surface area contributed by atoms with Gasteiger partial charge < -0.3 is 5.32 Å². The summed E-state index contributed by atoms with van der Waals surface area (Å²) in [6, 6.07) is 2.14. The molecule has 2 rings (SSSR count). The molecule has 16 heavy (non-hydrogen) atoms. The summed E-state index contributed by atoms with van der Waals surface area (Å²) < 4.78 is 0. The maximum atomic E-state index is 11.8. The van der Waals surface area contributed by atoms with E-state index < -0.39 is 5.41 Å². The molecule has 1 amide bonds. The van der Waals surface area contributed by atoms with Crippen LogP contribution in [0.15, 0.2) is 0 Å². The average Bonchev–Trinajstić information content (AvgIpc) is 3.08. The molecule has 0 aromatic carbocycles. The van der Waals surface area contributed by atoms with Crippen LogP contribution >= 0.6 is 0 Å². The highest BCUT2D eigenvalue weighted by molar-refractivity contribution is 5.88. The number of amides is 1. The zero-order valence-corrected chi connectivity index (χ0v) is 9.96. The molecular formula is C13H20N2O. The summed E-state index contributed by atoms with van der Waals surface area (Å²) in [5.41, 5.74) is -0.655. The molecule has 0 bridgehead atoms. The summed E-state index contributed by atoms with van der Waals surface area (Å²) in [4.78, 5) is 11.8. The quantitative estimate of drug-likeness (QED) is 0.793. The molecule has 0 heterocycles. The second kappa shape index (κ2) is 4.45. The normalized spacial score (nSPS) is 31.5.